The van der Waals surface area contributed by atoms with Crippen LogP contribution in [0.1, 0.15) is 19.3 Å². The number of rotatable bonds is 8. The highest BCUT2D eigenvalue weighted by molar-refractivity contribution is 5.82. The van der Waals surface area contributed by atoms with Crippen molar-refractivity contribution in [2.24, 2.45) is 5.92 Å². The topological polar surface area (TPSA) is 128 Å². The fourth-order valence-corrected chi connectivity index (χ4v) is 1.45. The van der Waals surface area contributed by atoms with Gasteiger partial charge in [0.15, 0.2) is 0 Å². The van der Waals surface area contributed by atoms with Crippen LogP contribution >= 0.6 is 0 Å². The van der Waals surface area contributed by atoms with Crippen LogP contribution in [0.15, 0.2) is 0 Å². The summed E-state index contributed by atoms with van der Waals surface area (Å²) in [6.45, 7) is 0.199. The molecule has 0 aromatic rings. The van der Waals surface area contributed by atoms with Gasteiger partial charge in [-0.3, -0.25) is 4.79 Å². The molecule has 1 fully saturated rings. The van der Waals surface area contributed by atoms with Gasteiger partial charge in [-0.25, -0.2) is 9.59 Å². The van der Waals surface area contributed by atoms with E-state index >= 15 is 0 Å². The van der Waals surface area contributed by atoms with Crippen molar-refractivity contribution < 1.29 is 24.6 Å². The van der Waals surface area contributed by atoms with E-state index in [-0.39, 0.29) is 31.4 Å². The summed E-state index contributed by atoms with van der Waals surface area (Å²) in [6, 6.07) is -1.76. The fraction of sp³-hybridized carbons (Fsp3) is 0.727. The molecule has 5 N–H and O–H groups in total. The minimum atomic E-state index is -1.20. The number of carbonyl (C=O) groups excluding carboxylic acids is 2. The standard InChI is InChI=1S/C11H19N3O5/c15-6-3-8(10(17)18)14-11(19)13-5-4-12-9(16)7-1-2-7/h7-8,15H,1-6H2,(H,12,16)(H,17,18)(H2,13,14,19). The molecule has 0 radical (unpaired) electrons. The maximum atomic E-state index is 11.3. The van der Waals surface area contributed by atoms with E-state index in [9.17, 15) is 14.4 Å². The van der Waals surface area contributed by atoms with Crippen LogP contribution in [0.4, 0.5) is 4.79 Å². The van der Waals surface area contributed by atoms with E-state index in [1.54, 1.807) is 0 Å². The summed E-state index contributed by atoms with van der Waals surface area (Å²) in [4.78, 5) is 33.3. The number of hydrogen-bond acceptors (Lipinski definition) is 4. The maximum absolute atomic E-state index is 11.3. The molecular formula is C11H19N3O5. The predicted molar refractivity (Wildman–Crippen MR) is 65.4 cm³/mol. The van der Waals surface area contributed by atoms with Crippen molar-refractivity contribution in [3.05, 3.63) is 0 Å². The van der Waals surface area contributed by atoms with Gasteiger partial charge >= 0.3 is 12.0 Å². The zero-order valence-corrected chi connectivity index (χ0v) is 10.5. The number of hydrogen-bond donors (Lipinski definition) is 5. The minimum Gasteiger partial charge on any atom is -0.480 e. The Morgan fingerprint density at radius 3 is 2.32 bits per heavy atom. The molecule has 1 aliphatic rings. The summed E-state index contributed by atoms with van der Waals surface area (Å²) < 4.78 is 0. The van der Waals surface area contributed by atoms with E-state index < -0.39 is 18.0 Å². The van der Waals surface area contributed by atoms with Gasteiger partial charge in [-0.15, -0.1) is 0 Å². The summed E-state index contributed by atoms with van der Waals surface area (Å²) in [5.41, 5.74) is 0. The number of urea groups is 1. The predicted octanol–water partition coefficient (Wildman–Crippen LogP) is -1.35. The Kier molecular flexibility index (Phi) is 6.07. The summed E-state index contributed by atoms with van der Waals surface area (Å²) >= 11 is 0. The van der Waals surface area contributed by atoms with E-state index in [2.05, 4.69) is 16.0 Å². The summed E-state index contributed by atoms with van der Waals surface area (Å²) in [6.07, 6.45) is 1.78. The molecule has 1 atom stereocenters. The van der Waals surface area contributed by atoms with Crippen molar-refractivity contribution in [1.29, 1.82) is 0 Å². The van der Waals surface area contributed by atoms with Crippen LogP contribution in [-0.2, 0) is 9.59 Å². The smallest absolute Gasteiger partial charge is 0.326 e. The Hall–Kier alpha value is -1.83. The van der Waals surface area contributed by atoms with Gasteiger partial charge < -0.3 is 26.2 Å². The highest BCUT2D eigenvalue weighted by atomic mass is 16.4. The van der Waals surface area contributed by atoms with E-state index in [0.717, 1.165) is 12.8 Å². The lowest BCUT2D eigenvalue weighted by Gasteiger charge is -2.14. The van der Waals surface area contributed by atoms with Crippen LogP contribution in [-0.4, -0.2) is 53.9 Å². The molecule has 0 saturated heterocycles. The van der Waals surface area contributed by atoms with Crippen LogP contribution < -0.4 is 16.0 Å². The molecule has 0 aliphatic heterocycles. The van der Waals surface area contributed by atoms with Crippen molar-refractivity contribution in [2.45, 2.75) is 25.3 Å². The lowest BCUT2D eigenvalue weighted by Crippen LogP contribution is -2.48. The highest BCUT2D eigenvalue weighted by Gasteiger charge is 2.29. The molecule has 0 bridgehead atoms. The summed E-state index contributed by atoms with van der Waals surface area (Å²) in [5, 5.41) is 24.7. The monoisotopic (exact) mass is 273 g/mol. The second kappa shape index (κ2) is 7.57. The van der Waals surface area contributed by atoms with E-state index in [0.29, 0.717) is 6.54 Å². The normalized spacial score (nSPS) is 15.4. The van der Waals surface area contributed by atoms with Crippen molar-refractivity contribution in [3.63, 3.8) is 0 Å². The zero-order valence-electron chi connectivity index (χ0n) is 10.5. The van der Waals surface area contributed by atoms with Gasteiger partial charge in [0.25, 0.3) is 0 Å². The summed E-state index contributed by atoms with van der Waals surface area (Å²) in [7, 11) is 0. The van der Waals surface area contributed by atoms with Crippen LogP contribution in [0.2, 0.25) is 0 Å². The average Bonchev–Trinajstić information content (AvgIpc) is 3.17. The number of carboxylic acid groups (broad SMARTS) is 1. The second-order valence-corrected chi connectivity index (χ2v) is 4.37. The van der Waals surface area contributed by atoms with Gasteiger partial charge in [-0.1, -0.05) is 0 Å². The third kappa shape index (κ3) is 6.05. The van der Waals surface area contributed by atoms with Crippen molar-refractivity contribution in [3.8, 4) is 0 Å². The molecule has 8 heteroatoms. The number of aliphatic carboxylic acids is 1. The van der Waals surface area contributed by atoms with Gasteiger partial charge in [-0.05, 0) is 12.8 Å². The van der Waals surface area contributed by atoms with E-state index in [4.69, 9.17) is 10.2 Å². The Morgan fingerprint density at radius 2 is 1.79 bits per heavy atom. The van der Waals surface area contributed by atoms with Crippen LogP contribution in [0.25, 0.3) is 0 Å². The Labute approximate surface area is 110 Å². The number of aliphatic hydroxyl groups is 1. The molecule has 0 spiro atoms. The third-order valence-corrected chi connectivity index (χ3v) is 2.68. The Bertz CT molecular complexity index is 343. The van der Waals surface area contributed by atoms with Crippen LogP contribution in [0.5, 0.6) is 0 Å². The quantitative estimate of drug-likeness (QED) is 0.349. The molecule has 0 aromatic carbocycles. The average molecular weight is 273 g/mol. The zero-order chi connectivity index (χ0) is 14.3. The van der Waals surface area contributed by atoms with Crippen molar-refractivity contribution in [2.75, 3.05) is 19.7 Å². The van der Waals surface area contributed by atoms with Crippen LogP contribution in [0.3, 0.4) is 0 Å². The molecule has 0 heterocycles. The molecule has 3 amide bonds. The molecule has 19 heavy (non-hydrogen) atoms. The molecule has 8 nitrogen and oxygen atoms in total. The number of nitrogens with one attached hydrogen (secondary N) is 3. The molecule has 1 saturated carbocycles. The SMILES string of the molecule is O=C(NCCNC(=O)C1CC1)NC(CCO)C(=O)O. The lowest BCUT2D eigenvalue weighted by atomic mass is 10.2. The minimum absolute atomic E-state index is 0.00842. The molecule has 1 unspecified atom stereocenters. The number of carboxylic acids is 1. The first-order chi connectivity index (χ1) is 9.04. The van der Waals surface area contributed by atoms with Gasteiger partial charge in [-0.2, -0.15) is 0 Å². The summed E-state index contributed by atoms with van der Waals surface area (Å²) in [5.74, 6) is -1.09. The number of amides is 3. The van der Waals surface area contributed by atoms with Crippen LogP contribution in [0, 0.1) is 5.92 Å². The highest BCUT2D eigenvalue weighted by Crippen LogP contribution is 2.28. The second-order valence-electron chi connectivity index (χ2n) is 4.37. The first-order valence-electron chi connectivity index (χ1n) is 6.20. The van der Waals surface area contributed by atoms with Gasteiger partial charge in [0, 0.05) is 32.0 Å². The molecule has 1 aliphatic carbocycles. The Morgan fingerprint density at radius 1 is 1.16 bits per heavy atom. The first-order valence-corrected chi connectivity index (χ1v) is 6.20. The fourth-order valence-electron chi connectivity index (χ4n) is 1.45. The molecule has 0 aromatic heterocycles. The largest absolute Gasteiger partial charge is 0.480 e. The molecule has 1 rings (SSSR count). The third-order valence-electron chi connectivity index (χ3n) is 2.68. The van der Waals surface area contributed by atoms with E-state index in [1.807, 2.05) is 0 Å². The van der Waals surface area contributed by atoms with Gasteiger partial charge in [0.2, 0.25) is 5.91 Å². The lowest BCUT2D eigenvalue weighted by molar-refractivity contribution is -0.139. The first kappa shape index (κ1) is 15.2. The van der Waals surface area contributed by atoms with Gasteiger partial charge in [0.05, 0.1) is 0 Å². The Balaban J connectivity index is 2.11. The maximum Gasteiger partial charge on any atom is 0.326 e. The molecule has 108 valence electrons. The van der Waals surface area contributed by atoms with Crippen molar-refractivity contribution in [1.82, 2.24) is 16.0 Å². The number of carbonyl (C=O) groups is 3. The van der Waals surface area contributed by atoms with Crippen molar-refractivity contribution >= 4 is 17.9 Å². The van der Waals surface area contributed by atoms with E-state index in [1.165, 1.54) is 0 Å². The molecular weight excluding hydrogens is 254 g/mol. The van der Waals surface area contributed by atoms with Gasteiger partial charge in [0.1, 0.15) is 6.04 Å². The number of aliphatic hydroxyl groups excluding tert-OH is 1.